The molecule has 20 heavy (non-hydrogen) atoms. The van der Waals surface area contributed by atoms with Crippen LogP contribution in [0.5, 0.6) is 0 Å². The van der Waals surface area contributed by atoms with Crippen LogP contribution >= 0.6 is 15.9 Å². The van der Waals surface area contributed by atoms with Crippen LogP contribution in [0.15, 0.2) is 53.0 Å². The second-order valence-corrected chi connectivity index (χ2v) is 5.94. The molecular formula is C16H16BrNO2. The molecular weight excluding hydrogens is 318 g/mol. The number of hydrogen-bond acceptors (Lipinski definition) is 3. The molecule has 0 bridgehead atoms. The van der Waals surface area contributed by atoms with E-state index >= 15 is 0 Å². The average molecular weight is 334 g/mol. The average Bonchev–Trinajstić information content (AvgIpc) is 2.50. The summed E-state index contributed by atoms with van der Waals surface area (Å²) in [5.41, 5.74) is 2.61. The van der Waals surface area contributed by atoms with Gasteiger partial charge in [-0.1, -0.05) is 40.2 Å². The third-order valence-electron chi connectivity index (χ3n) is 3.64. The lowest BCUT2D eigenvalue weighted by Gasteiger charge is -2.39. The van der Waals surface area contributed by atoms with E-state index in [1.165, 1.54) is 0 Å². The van der Waals surface area contributed by atoms with Crippen LogP contribution in [0.25, 0.3) is 0 Å². The molecule has 0 spiro atoms. The zero-order chi connectivity index (χ0) is 14.0. The maximum absolute atomic E-state index is 9.95. The number of nitrogens with one attached hydrogen (secondary N) is 1. The molecule has 1 heterocycles. The molecule has 0 radical (unpaired) electrons. The highest BCUT2D eigenvalue weighted by Crippen LogP contribution is 2.33. The van der Waals surface area contributed by atoms with Gasteiger partial charge in [-0.05, 0) is 35.4 Å². The molecule has 0 amide bonds. The number of benzene rings is 2. The molecule has 4 heteroatoms. The van der Waals surface area contributed by atoms with Crippen molar-refractivity contribution in [3.8, 4) is 0 Å². The van der Waals surface area contributed by atoms with Crippen LogP contribution in [0.4, 0.5) is 5.69 Å². The Labute approximate surface area is 126 Å². The lowest BCUT2D eigenvalue weighted by atomic mass is 9.85. The van der Waals surface area contributed by atoms with Gasteiger partial charge in [-0.15, -0.1) is 0 Å². The number of anilines is 1. The van der Waals surface area contributed by atoms with E-state index in [1.807, 2.05) is 42.5 Å². The van der Waals surface area contributed by atoms with Crippen LogP contribution in [0, 0.1) is 0 Å². The summed E-state index contributed by atoms with van der Waals surface area (Å²) in [7, 11) is 0. The van der Waals surface area contributed by atoms with Gasteiger partial charge in [0, 0.05) is 10.2 Å². The molecule has 1 unspecified atom stereocenters. The monoisotopic (exact) mass is 333 g/mol. The Morgan fingerprint density at radius 1 is 1.15 bits per heavy atom. The van der Waals surface area contributed by atoms with Crippen molar-refractivity contribution in [2.75, 3.05) is 18.5 Å². The van der Waals surface area contributed by atoms with E-state index in [2.05, 4.69) is 27.3 Å². The van der Waals surface area contributed by atoms with Gasteiger partial charge < -0.3 is 15.2 Å². The Morgan fingerprint density at radius 2 is 1.90 bits per heavy atom. The summed E-state index contributed by atoms with van der Waals surface area (Å²) in [6.45, 7) is 1.04. The largest absolute Gasteiger partial charge is 0.393 e. The quantitative estimate of drug-likeness (QED) is 0.905. The molecule has 0 aliphatic carbocycles. The van der Waals surface area contributed by atoms with Gasteiger partial charge in [-0.25, -0.2) is 0 Å². The second kappa shape index (κ2) is 5.56. The molecule has 0 saturated carbocycles. The number of fused-ring (bicyclic) bond motifs is 1. The van der Waals surface area contributed by atoms with E-state index in [4.69, 9.17) is 4.74 Å². The van der Waals surface area contributed by atoms with Crippen molar-refractivity contribution >= 4 is 21.6 Å². The molecule has 3 rings (SSSR count). The van der Waals surface area contributed by atoms with Gasteiger partial charge in [0.1, 0.15) is 5.54 Å². The molecule has 104 valence electrons. The predicted octanol–water partition coefficient (Wildman–Crippen LogP) is 3.28. The molecule has 2 aromatic carbocycles. The Morgan fingerprint density at radius 3 is 2.65 bits per heavy atom. The highest BCUT2D eigenvalue weighted by Gasteiger charge is 2.36. The molecule has 0 fully saturated rings. The van der Waals surface area contributed by atoms with E-state index < -0.39 is 5.54 Å². The van der Waals surface area contributed by atoms with Crippen molar-refractivity contribution < 1.29 is 9.84 Å². The number of hydrogen-bond donors (Lipinski definition) is 2. The topological polar surface area (TPSA) is 41.5 Å². The minimum absolute atomic E-state index is 0.0138. The van der Waals surface area contributed by atoms with Crippen LogP contribution in [-0.2, 0) is 16.9 Å². The number of aliphatic hydroxyl groups excluding tert-OH is 1. The third kappa shape index (κ3) is 2.46. The normalized spacial score (nSPS) is 21.3. The Bertz CT molecular complexity index is 600. The van der Waals surface area contributed by atoms with Crippen LogP contribution in [0.3, 0.4) is 0 Å². The Hall–Kier alpha value is -1.36. The highest BCUT2D eigenvalue weighted by atomic mass is 79.9. The van der Waals surface area contributed by atoms with Gasteiger partial charge in [0.05, 0.1) is 19.8 Å². The summed E-state index contributed by atoms with van der Waals surface area (Å²) < 4.78 is 6.70. The molecule has 3 nitrogen and oxygen atoms in total. The lowest BCUT2D eigenvalue weighted by molar-refractivity contribution is 0.0357. The fourth-order valence-electron chi connectivity index (χ4n) is 2.61. The fourth-order valence-corrected chi connectivity index (χ4v) is 2.87. The van der Waals surface area contributed by atoms with Crippen LogP contribution in [0.1, 0.15) is 11.1 Å². The van der Waals surface area contributed by atoms with Gasteiger partial charge >= 0.3 is 0 Å². The first-order valence-electron chi connectivity index (χ1n) is 6.54. The molecule has 1 atom stereocenters. The van der Waals surface area contributed by atoms with E-state index in [-0.39, 0.29) is 6.61 Å². The zero-order valence-electron chi connectivity index (χ0n) is 11.0. The first-order valence-corrected chi connectivity index (χ1v) is 7.33. The number of rotatable bonds is 3. The van der Waals surface area contributed by atoms with Gasteiger partial charge in [0.15, 0.2) is 0 Å². The summed E-state index contributed by atoms with van der Waals surface area (Å²) in [6, 6.07) is 16.0. The van der Waals surface area contributed by atoms with Crippen molar-refractivity contribution in [1.29, 1.82) is 0 Å². The summed E-state index contributed by atoms with van der Waals surface area (Å²) >= 11 is 3.43. The first kappa shape index (κ1) is 13.6. The molecule has 0 saturated heterocycles. The SMILES string of the molecule is OCC1(Nc2ccc(Br)cc2)COCc2ccccc21. The maximum Gasteiger partial charge on any atom is 0.110 e. The molecule has 2 N–H and O–H groups in total. The second-order valence-electron chi connectivity index (χ2n) is 5.02. The van der Waals surface area contributed by atoms with Crippen molar-refractivity contribution in [3.05, 3.63) is 64.1 Å². The first-order chi connectivity index (χ1) is 9.73. The van der Waals surface area contributed by atoms with Gasteiger partial charge in [0.25, 0.3) is 0 Å². The standard InChI is InChI=1S/C16H16BrNO2/c17-13-5-7-14(8-6-13)18-16(10-19)11-20-9-12-3-1-2-4-15(12)16/h1-8,18-19H,9-11H2. The van der Waals surface area contributed by atoms with E-state index in [9.17, 15) is 5.11 Å². The van der Waals surface area contributed by atoms with Crippen LogP contribution in [-0.4, -0.2) is 18.3 Å². The summed E-state index contributed by atoms with van der Waals surface area (Å²) in [5, 5.41) is 13.4. The maximum atomic E-state index is 9.95. The van der Waals surface area contributed by atoms with Crippen molar-refractivity contribution in [1.82, 2.24) is 0 Å². The minimum atomic E-state index is -0.581. The van der Waals surface area contributed by atoms with Crippen LogP contribution in [0.2, 0.25) is 0 Å². The zero-order valence-corrected chi connectivity index (χ0v) is 12.6. The number of aliphatic hydroxyl groups is 1. The number of ether oxygens (including phenoxy) is 1. The Balaban J connectivity index is 1.98. The van der Waals surface area contributed by atoms with Gasteiger partial charge in [0.2, 0.25) is 0 Å². The highest BCUT2D eigenvalue weighted by molar-refractivity contribution is 9.10. The third-order valence-corrected chi connectivity index (χ3v) is 4.17. The molecule has 2 aromatic rings. The summed E-state index contributed by atoms with van der Waals surface area (Å²) in [5.74, 6) is 0. The molecule has 0 aromatic heterocycles. The van der Waals surface area contributed by atoms with E-state index in [1.54, 1.807) is 0 Å². The summed E-state index contributed by atoms with van der Waals surface area (Å²) in [6.07, 6.45) is 0. The van der Waals surface area contributed by atoms with Crippen molar-refractivity contribution in [2.24, 2.45) is 0 Å². The molecule has 1 aliphatic heterocycles. The minimum Gasteiger partial charge on any atom is -0.393 e. The predicted molar refractivity (Wildman–Crippen MR) is 82.6 cm³/mol. The molecule has 1 aliphatic rings. The Kier molecular flexibility index (Phi) is 3.78. The van der Waals surface area contributed by atoms with E-state index in [0.29, 0.717) is 13.2 Å². The lowest BCUT2D eigenvalue weighted by Crippen LogP contribution is -2.46. The van der Waals surface area contributed by atoms with Crippen LogP contribution < -0.4 is 5.32 Å². The van der Waals surface area contributed by atoms with Gasteiger partial charge in [-0.3, -0.25) is 0 Å². The number of halogens is 1. The fraction of sp³-hybridized carbons (Fsp3) is 0.250. The van der Waals surface area contributed by atoms with Gasteiger partial charge in [-0.2, -0.15) is 0 Å². The van der Waals surface area contributed by atoms with Crippen molar-refractivity contribution in [3.63, 3.8) is 0 Å². The van der Waals surface area contributed by atoms with E-state index in [0.717, 1.165) is 21.3 Å². The smallest absolute Gasteiger partial charge is 0.110 e. The summed E-state index contributed by atoms with van der Waals surface area (Å²) in [4.78, 5) is 0. The van der Waals surface area contributed by atoms with Crippen molar-refractivity contribution in [2.45, 2.75) is 12.1 Å².